The van der Waals surface area contributed by atoms with Crippen molar-refractivity contribution >= 4 is 0 Å². The Kier molecular flexibility index (Phi) is 4.24. The van der Waals surface area contributed by atoms with Crippen LogP contribution in [0.4, 0.5) is 4.39 Å². The van der Waals surface area contributed by atoms with Gasteiger partial charge in [-0.2, -0.15) is 4.98 Å². The number of hydrogen-bond acceptors (Lipinski definition) is 5. The summed E-state index contributed by atoms with van der Waals surface area (Å²) < 4.78 is 27.0. The molecule has 5 rings (SSSR count). The summed E-state index contributed by atoms with van der Waals surface area (Å²) in [6.07, 6.45) is 7.56. The van der Waals surface area contributed by atoms with Crippen LogP contribution in [0.1, 0.15) is 61.2 Å². The van der Waals surface area contributed by atoms with Gasteiger partial charge in [-0.05, 0) is 30.5 Å². The Labute approximate surface area is 156 Å². The fraction of sp³-hybridized carbons (Fsp3) is 0.450. The van der Waals surface area contributed by atoms with E-state index in [1.54, 1.807) is 12.4 Å². The Morgan fingerprint density at radius 1 is 1.15 bits per heavy atom. The van der Waals surface area contributed by atoms with E-state index in [4.69, 9.17) is 9.26 Å². The molecule has 1 aromatic carbocycles. The predicted octanol–water partition coefficient (Wildman–Crippen LogP) is 4.39. The Hall–Kier alpha value is -2.54. The van der Waals surface area contributed by atoms with E-state index in [2.05, 4.69) is 15.1 Å². The van der Waals surface area contributed by atoms with Gasteiger partial charge in [-0.3, -0.25) is 0 Å². The number of ether oxygens (including phenoxy) is 1. The number of hydrogen-bond donors (Lipinski definition) is 0. The molecule has 3 heterocycles. The molecule has 0 radical (unpaired) electrons. The molecule has 3 aromatic rings. The maximum absolute atomic E-state index is 13.5. The summed E-state index contributed by atoms with van der Waals surface area (Å²) in [5.74, 6) is 1.38. The third-order valence-corrected chi connectivity index (χ3v) is 5.57. The third kappa shape index (κ3) is 3.16. The number of fused-ring (bicyclic) bond motifs is 1. The zero-order valence-electron chi connectivity index (χ0n) is 15.0. The molecule has 1 aliphatic heterocycles. The van der Waals surface area contributed by atoms with Crippen molar-refractivity contribution in [3.05, 3.63) is 53.5 Å². The van der Waals surface area contributed by atoms with Gasteiger partial charge in [0.25, 0.3) is 5.89 Å². The molecule has 0 bridgehead atoms. The normalized spacial score (nSPS) is 20.6. The summed E-state index contributed by atoms with van der Waals surface area (Å²) in [6.45, 7) is 0.951. The maximum atomic E-state index is 13.5. The number of nitrogens with zero attached hydrogens (tertiary/aromatic N) is 4. The van der Waals surface area contributed by atoms with Gasteiger partial charge in [-0.25, -0.2) is 9.37 Å². The molecular formula is C20H21FN4O2. The molecule has 0 spiro atoms. The van der Waals surface area contributed by atoms with Gasteiger partial charge in [0.1, 0.15) is 11.9 Å². The van der Waals surface area contributed by atoms with E-state index < -0.39 is 0 Å². The average molecular weight is 368 g/mol. The molecular weight excluding hydrogens is 347 g/mol. The lowest BCUT2D eigenvalue weighted by molar-refractivity contribution is 0.00314. The molecule has 0 N–H and O–H groups in total. The minimum Gasteiger partial charge on any atom is -0.365 e. The Bertz CT molecular complexity index is 945. The summed E-state index contributed by atoms with van der Waals surface area (Å²) in [5.41, 5.74) is 2.43. The molecule has 1 saturated carbocycles. The van der Waals surface area contributed by atoms with Gasteiger partial charge in [0.2, 0.25) is 0 Å². The largest absolute Gasteiger partial charge is 0.365 e. The fourth-order valence-electron chi connectivity index (χ4n) is 4.07. The lowest BCUT2D eigenvalue weighted by atomic mass is 9.89. The summed E-state index contributed by atoms with van der Waals surface area (Å²) in [7, 11) is 0. The van der Waals surface area contributed by atoms with Crippen LogP contribution >= 0.6 is 0 Å². The van der Waals surface area contributed by atoms with Crippen molar-refractivity contribution in [3.8, 4) is 11.6 Å². The van der Waals surface area contributed by atoms with Crippen molar-refractivity contribution in [2.24, 2.45) is 0 Å². The number of aromatic nitrogens is 4. The molecule has 6 nitrogen and oxygen atoms in total. The van der Waals surface area contributed by atoms with E-state index in [9.17, 15) is 4.39 Å². The van der Waals surface area contributed by atoms with Crippen LogP contribution in [0.25, 0.3) is 11.6 Å². The van der Waals surface area contributed by atoms with Gasteiger partial charge in [0.05, 0.1) is 25.2 Å². The zero-order valence-corrected chi connectivity index (χ0v) is 15.0. The van der Waals surface area contributed by atoms with Gasteiger partial charge >= 0.3 is 0 Å². The molecule has 7 heteroatoms. The second-order valence-electron chi connectivity index (χ2n) is 7.34. The van der Waals surface area contributed by atoms with Crippen molar-refractivity contribution in [3.63, 3.8) is 0 Å². The number of rotatable bonds is 3. The standard InChI is InChI=1S/C20H21FN4O2/c21-15-8-4-7-14(9-15)17-10-25-12-22-18(16(25)11-26-17)20-23-19(24-27-20)13-5-2-1-3-6-13/h4,7-9,12-13,17H,1-3,5-6,10-11H2/t17-/m1/s1. The second-order valence-corrected chi connectivity index (χ2v) is 7.34. The monoisotopic (exact) mass is 368 g/mol. The number of imidazole rings is 1. The zero-order chi connectivity index (χ0) is 18.2. The number of halogens is 1. The second kappa shape index (κ2) is 6.88. The first-order chi connectivity index (χ1) is 13.3. The highest BCUT2D eigenvalue weighted by Gasteiger charge is 2.28. The van der Waals surface area contributed by atoms with E-state index in [0.29, 0.717) is 30.7 Å². The van der Waals surface area contributed by atoms with E-state index in [1.165, 1.54) is 31.4 Å². The quantitative estimate of drug-likeness (QED) is 0.686. The van der Waals surface area contributed by atoms with E-state index in [-0.39, 0.29) is 11.9 Å². The van der Waals surface area contributed by atoms with Crippen LogP contribution in [0.3, 0.4) is 0 Å². The van der Waals surface area contributed by atoms with Crippen LogP contribution in [0, 0.1) is 5.82 Å². The molecule has 27 heavy (non-hydrogen) atoms. The van der Waals surface area contributed by atoms with Gasteiger partial charge < -0.3 is 13.8 Å². The SMILES string of the molecule is Fc1cccc([C@H]2Cn3cnc(-c4nc(C5CCCCC5)no4)c3CO2)c1. The molecule has 1 fully saturated rings. The average Bonchev–Trinajstić information content (AvgIpc) is 3.35. The van der Waals surface area contributed by atoms with Gasteiger partial charge in [-0.1, -0.05) is 36.6 Å². The first-order valence-electron chi connectivity index (χ1n) is 9.53. The molecule has 1 aliphatic carbocycles. The van der Waals surface area contributed by atoms with E-state index in [1.807, 2.05) is 10.6 Å². The molecule has 0 unspecified atom stereocenters. The van der Waals surface area contributed by atoms with E-state index in [0.717, 1.165) is 29.9 Å². The van der Waals surface area contributed by atoms with Crippen LogP contribution in [0.15, 0.2) is 35.1 Å². The van der Waals surface area contributed by atoms with Gasteiger partial charge in [-0.15, -0.1) is 0 Å². The van der Waals surface area contributed by atoms with Crippen molar-refractivity contribution < 1.29 is 13.7 Å². The van der Waals surface area contributed by atoms with Gasteiger partial charge in [0, 0.05) is 5.92 Å². The lowest BCUT2D eigenvalue weighted by Gasteiger charge is -2.25. The van der Waals surface area contributed by atoms with Crippen molar-refractivity contribution in [2.75, 3.05) is 0 Å². The highest BCUT2D eigenvalue weighted by molar-refractivity contribution is 5.51. The van der Waals surface area contributed by atoms with E-state index >= 15 is 0 Å². The summed E-state index contributed by atoms with van der Waals surface area (Å²) in [5, 5.41) is 4.20. The third-order valence-electron chi connectivity index (χ3n) is 5.57. The minimum absolute atomic E-state index is 0.198. The van der Waals surface area contributed by atoms with Crippen molar-refractivity contribution in [1.29, 1.82) is 0 Å². The predicted molar refractivity (Wildman–Crippen MR) is 95.3 cm³/mol. The van der Waals surface area contributed by atoms with Crippen LogP contribution in [-0.4, -0.2) is 19.7 Å². The van der Waals surface area contributed by atoms with Crippen molar-refractivity contribution in [2.45, 2.75) is 57.3 Å². The Balaban J connectivity index is 1.38. The molecule has 1 atom stereocenters. The van der Waals surface area contributed by atoms with Crippen LogP contribution < -0.4 is 0 Å². The summed E-state index contributed by atoms with van der Waals surface area (Å²) >= 11 is 0. The molecule has 2 aromatic heterocycles. The topological polar surface area (TPSA) is 66.0 Å². The molecule has 0 amide bonds. The number of benzene rings is 1. The fourth-order valence-corrected chi connectivity index (χ4v) is 4.07. The summed E-state index contributed by atoms with van der Waals surface area (Å²) in [6, 6.07) is 6.54. The van der Waals surface area contributed by atoms with Crippen molar-refractivity contribution in [1.82, 2.24) is 19.7 Å². The minimum atomic E-state index is -0.255. The molecule has 2 aliphatic rings. The highest BCUT2D eigenvalue weighted by Crippen LogP contribution is 2.34. The first-order valence-corrected chi connectivity index (χ1v) is 9.53. The maximum Gasteiger partial charge on any atom is 0.278 e. The Morgan fingerprint density at radius 3 is 2.89 bits per heavy atom. The lowest BCUT2D eigenvalue weighted by Crippen LogP contribution is -2.20. The smallest absolute Gasteiger partial charge is 0.278 e. The van der Waals surface area contributed by atoms with Crippen LogP contribution in [0.2, 0.25) is 0 Å². The molecule has 0 saturated heterocycles. The van der Waals surface area contributed by atoms with Gasteiger partial charge in [0.15, 0.2) is 11.5 Å². The Morgan fingerprint density at radius 2 is 2.04 bits per heavy atom. The van der Waals surface area contributed by atoms with Crippen LogP contribution in [0.5, 0.6) is 0 Å². The summed E-state index contributed by atoms with van der Waals surface area (Å²) in [4.78, 5) is 9.10. The first kappa shape index (κ1) is 16.6. The van der Waals surface area contributed by atoms with Crippen LogP contribution in [-0.2, 0) is 17.9 Å². The molecule has 140 valence electrons. The highest BCUT2D eigenvalue weighted by atomic mass is 19.1.